The van der Waals surface area contributed by atoms with Crippen LogP contribution in [0.3, 0.4) is 0 Å². The lowest BCUT2D eigenvalue weighted by Crippen LogP contribution is -2.35. The van der Waals surface area contributed by atoms with Gasteiger partial charge in [-0.3, -0.25) is 0 Å². The van der Waals surface area contributed by atoms with Crippen LogP contribution < -0.4 is 4.74 Å². The molecule has 0 aliphatic carbocycles. The average Bonchev–Trinajstić information content (AvgIpc) is 2.12. The minimum Gasteiger partial charge on any atom is -0.474 e. The number of halogens is 4. The fraction of sp³-hybridized carbons (Fsp3) is 0.125. The van der Waals surface area contributed by atoms with Crippen LogP contribution in [0.5, 0.6) is 5.75 Å². The Morgan fingerprint density at radius 2 is 1.93 bits per heavy atom. The Labute approximate surface area is 80.9 Å². The summed E-state index contributed by atoms with van der Waals surface area (Å²) in [5, 5.41) is 7.97. The Morgan fingerprint density at radius 3 is 2.47 bits per heavy atom. The number of carboxylic acids is 1. The second-order valence-corrected chi connectivity index (χ2v) is 2.48. The summed E-state index contributed by atoms with van der Waals surface area (Å²) in [6.07, 6.45) is -4.60. The highest BCUT2D eigenvalue weighted by atomic mass is 19.3. The van der Waals surface area contributed by atoms with E-state index in [2.05, 4.69) is 4.74 Å². The van der Waals surface area contributed by atoms with Crippen LogP contribution in [0.25, 0.3) is 0 Å². The van der Waals surface area contributed by atoms with Gasteiger partial charge in [0, 0.05) is 0 Å². The van der Waals surface area contributed by atoms with E-state index >= 15 is 0 Å². The second kappa shape index (κ2) is 3.76. The molecular weight excluding hydrogens is 220 g/mol. The van der Waals surface area contributed by atoms with Gasteiger partial charge in [0.15, 0.2) is 11.6 Å². The molecule has 0 amide bonds. The van der Waals surface area contributed by atoms with Gasteiger partial charge in [-0.15, -0.1) is 0 Å². The molecule has 0 atom stereocenters. The van der Waals surface area contributed by atoms with E-state index in [0.717, 1.165) is 6.07 Å². The van der Waals surface area contributed by atoms with Crippen LogP contribution >= 0.6 is 0 Å². The molecule has 0 heterocycles. The Bertz CT molecular complexity index is 391. The SMILES string of the molecule is O=C(O)C(F)(F)Oc1cccc(F)c1F. The predicted octanol–water partition coefficient (Wildman–Crippen LogP) is 2.02. The van der Waals surface area contributed by atoms with Crippen LogP contribution in [-0.4, -0.2) is 17.2 Å². The molecule has 0 bridgehead atoms. The quantitative estimate of drug-likeness (QED) is 0.799. The third kappa shape index (κ3) is 2.36. The lowest BCUT2D eigenvalue weighted by Gasteiger charge is -2.13. The standard InChI is InChI=1S/C8H4F4O3/c9-4-2-1-3-5(6(4)10)15-8(11,12)7(13)14/h1-3H,(H,13,14). The fourth-order valence-corrected chi connectivity index (χ4v) is 0.745. The van der Waals surface area contributed by atoms with Crippen LogP contribution in [-0.2, 0) is 4.79 Å². The van der Waals surface area contributed by atoms with Crippen LogP contribution in [0, 0.1) is 11.6 Å². The maximum Gasteiger partial charge on any atom is 0.502 e. The molecule has 1 N–H and O–H groups in total. The summed E-state index contributed by atoms with van der Waals surface area (Å²) >= 11 is 0. The molecule has 0 radical (unpaired) electrons. The number of rotatable bonds is 3. The molecule has 0 spiro atoms. The summed E-state index contributed by atoms with van der Waals surface area (Å²) < 4.78 is 53.7. The van der Waals surface area contributed by atoms with Crippen molar-refractivity contribution in [2.45, 2.75) is 6.11 Å². The molecule has 1 aromatic rings. The van der Waals surface area contributed by atoms with Gasteiger partial charge >= 0.3 is 12.1 Å². The second-order valence-electron chi connectivity index (χ2n) is 2.48. The van der Waals surface area contributed by atoms with Crippen molar-refractivity contribution in [1.29, 1.82) is 0 Å². The summed E-state index contributed by atoms with van der Waals surface area (Å²) in [7, 11) is 0. The summed E-state index contributed by atoms with van der Waals surface area (Å²) in [6, 6.07) is 2.28. The molecule has 0 saturated carbocycles. The first-order valence-corrected chi connectivity index (χ1v) is 3.59. The van der Waals surface area contributed by atoms with Gasteiger partial charge in [-0.1, -0.05) is 6.07 Å². The molecule has 0 aliphatic heterocycles. The van der Waals surface area contributed by atoms with Gasteiger partial charge < -0.3 is 9.84 Å². The summed E-state index contributed by atoms with van der Waals surface area (Å²) in [4.78, 5) is 9.93. The highest BCUT2D eigenvalue weighted by Gasteiger charge is 2.43. The number of carboxylic acid groups (broad SMARTS) is 1. The maximum atomic E-state index is 12.8. The van der Waals surface area contributed by atoms with Gasteiger partial charge in [0.1, 0.15) is 0 Å². The Kier molecular flexibility index (Phi) is 2.83. The topological polar surface area (TPSA) is 46.5 Å². The Morgan fingerprint density at radius 1 is 1.33 bits per heavy atom. The van der Waals surface area contributed by atoms with Crippen molar-refractivity contribution in [3.8, 4) is 5.75 Å². The van der Waals surface area contributed by atoms with Crippen molar-refractivity contribution in [3.05, 3.63) is 29.8 Å². The number of hydrogen-bond acceptors (Lipinski definition) is 2. The average molecular weight is 224 g/mol. The summed E-state index contributed by atoms with van der Waals surface area (Å²) in [6.45, 7) is 0. The van der Waals surface area contributed by atoms with Crippen molar-refractivity contribution >= 4 is 5.97 Å². The number of ether oxygens (including phenoxy) is 1. The lowest BCUT2D eigenvalue weighted by atomic mass is 10.3. The van der Waals surface area contributed by atoms with Crippen LogP contribution in [0.2, 0.25) is 0 Å². The first-order valence-electron chi connectivity index (χ1n) is 3.59. The van der Waals surface area contributed by atoms with Gasteiger partial charge in [0.05, 0.1) is 0 Å². The van der Waals surface area contributed by atoms with Gasteiger partial charge in [-0.2, -0.15) is 13.2 Å². The number of hydrogen-bond donors (Lipinski definition) is 1. The zero-order valence-electron chi connectivity index (χ0n) is 7.01. The van der Waals surface area contributed by atoms with E-state index in [1.165, 1.54) is 0 Å². The van der Waals surface area contributed by atoms with Gasteiger partial charge in [0.2, 0.25) is 5.82 Å². The minimum absolute atomic E-state index is 0.682. The first kappa shape index (κ1) is 11.3. The normalized spacial score (nSPS) is 11.2. The molecule has 0 fully saturated rings. The molecule has 0 aliphatic rings. The van der Waals surface area contributed by atoms with Gasteiger partial charge in [0.25, 0.3) is 0 Å². The van der Waals surface area contributed by atoms with E-state index in [1.54, 1.807) is 0 Å². The van der Waals surface area contributed by atoms with E-state index in [1.807, 2.05) is 0 Å². The lowest BCUT2D eigenvalue weighted by molar-refractivity contribution is -0.211. The fourth-order valence-electron chi connectivity index (χ4n) is 0.745. The van der Waals surface area contributed by atoms with Crippen molar-refractivity contribution in [2.24, 2.45) is 0 Å². The Balaban J connectivity index is 3.00. The molecule has 15 heavy (non-hydrogen) atoms. The zero-order valence-corrected chi connectivity index (χ0v) is 7.01. The Hall–Kier alpha value is -1.79. The van der Waals surface area contributed by atoms with Crippen LogP contribution in [0.4, 0.5) is 17.6 Å². The van der Waals surface area contributed by atoms with E-state index in [4.69, 9.17) is 5.11 Å². The smallest absolute Gasteiger partial charge is 0.474 e. The third-order valence-electron chi connectivity index (χ3n) is 1.40. The van der Waals surface area contributed by atoms with Gasteiger partial charge in [-0.05, 0) is 12.1 Å². The molecule has 1 rings (SSSR count). The van der Waals surface area contributed by atoms with Crippen molar-refractivity contribution in [1.82, 2.24) is 0 Å². The van der Waals surface area contributed by atoms with Gasteiger partial charge in [-0.25, -0.2) is 9.18 Å². The monoisotopic (exact) mass is 224 g/mol. The van der Waals surface area contributed by atoms with E-state index in [9.17, 15) is 22.4 Å². The third-order valence-corrected chi connectivity index (χ3v) is 1.40. The molecule has 7 heteroatoms. The molecule has 1 aromatic carbocycles. The van der Waals surface area contributed by atoms with Crippen LogP contribution in [0.1, 0.15) is 0 Å². The van der Waals surface area contributed by atoms with E-state index in [-0.39, 0.29) is 0 Å². The largest absolute Gasteiger partial charge is 0.502 e. The number of benzene rings is 1. The number of carbonyl (C=O) groups is 1. The molecule has 0 aromatic heterocycles. The highest BCUT2D eigenvalue weighted by Crippen LogP contribution is 2.25. The summed E-state index contributed by atoms with van der Waals surface area (Å²) in [5.41, 5.74) is 0. The van der Waals surface area contributed by atoms with E-state index in [0.29, 0.717) is 12.1 Å². The first-order chi connectivity index (χ1) is 6.84. The molecule has 0 saturated heterocycles. The van der Waals surface area contributed by atoms with Crippen LogP contribution in [0.15, 0.2) is 18.2 Å². The number of alkyl halides is 2. The molecule has 0 unspecified atom stereocenters. The molecule has 3 nitrogen and oxygen atoms in total. The minimum atomic E-state index is -4.60. The maximum absolute atomic E-state index is 12.8. The van der Waals surface area contributed by atoms with Crippen molar-refractivity contribution < 1.29 is 32.2 Å². The highest BCUT2D eigenvalue weighted by molar-refractivity contribution is 5.73. The summed E-state index contributed by atoms with van der Waals surface area (Å²) in [5.74, 6) is -6.83. The number of aliphatic carboxylic acids is 1. The molecule has 82 valence electrons. The zero-order chi connectivity index (χ0) is 11.6. The van der Waals surface area contributed by atoms with Crippen molar-refractivity contribution in [3.63, 3.8) is 0 Å². The van der Waals surface area contributed by atoms with Crippen molar-refractivity contribution in [2.75, 3.05) is 0 Å². The van der Waals surface area contributed by atoms with E-state index < -0.39 is 29.5 Å². The predicted molar refractivity (Wildman–Crippen MR) is 39.6 cm³/mol. The molecular formula is C8H4F4O3.